The molecule has 0 radical (unpaired) electrons. The number of hydrogen-bond acceptors (Lipinski definition) is 5. The zero-order chi connectivity index (χ0) is 23.4. The van der Waals surface area contributed by atoms with Crippen LogP contribution in [0.4, 0.5) is 4.79 Å². The summed E-state index contributed by atoms with van der Waals surface area (Å²) in [4.78, 5) is 37.4. The number of carboxylic acid groups (broad SMARTS) is 1. The van der Waals surface area contributed by atoms with Crippen molar-refractivity contribution >= 4 is 18.0 Å². The molecule has 2 atom stereocenters. The molecule has 1 saturated heterocycles. The smallest absolute Gasteiger partial charge is 0.407 e. The lowest BCUT2D eigenvalue weighted by molar-refractivity contribution is -0.149. The maximum absolute atomic E-state index is 12.8. The molecule has 2 aromatic rings. The topological polar surface area (TPSA) is 105 Å². The van der Waals surface area contributed by atoms with E-state index >= 15 is 0 Å². The molecule has 0 aromatic heterocycles. The average molecular weight is 448 g/mol. The number of carbonyl (C=O) groups is 3. The Morgan fingerprint density at radius 1 is 1.12 bits per heavy atom. The van der Waals surface area contributed by atoms with E-state index in [1.807, 2.05) is 36.4 Å². The Morgan fingerprint density at radius 3 is 2.36 bits per heavy atom. The number of carbonyl (C=O) groups excluding carboxylic acids is 2. The number of carboxylic acids is 1. The minimum atomic E-state index is -1.18. The monoisotopic (exact) mass is 448 g/mol. The van der Waals surface area contributed by atoms with Gasteiger partial charge in [0.05, 0.1) is 12.6 Å². The van der Waals surface area contributed by atoms with Crippen molar-refractivity contribution in [2.45, 2.75) is 24.5 Å². The van der Waals surface area contributed by atoms with Crippen LogP contribution in [-0.4, -0.2) is 66.4 Å². The van der Waals surface area contributed by atoms with E-state index in [1.165, 1.54) is 0 Å². The fraction of sp³-hybridized carbons (Fsp3) is 0.320. The molecule has 33 heavy (non-hydrogen) atoms. The number of amides is 2. The molecule has 0 saturated carbocycles. The van der Waals surface area contributed by atoms with Crippen molar-refractivity contribution in [2.75, 3.05) is 26.3 Å². The molecule has 1 fully saturated rings. The predicted octanol–water partition coefficient (Wildman–Crippen LogP) is 2.23. The predicted molar refractivity (Wildman–Crippen MR) is 119 cm³/mol. The van der Waals surface area contributed by atoms with E-state index in [0.29, 0.717) is 6.42 Å². The summed E-state index contributed by atoms with van der Waals surface area (Å²) >= 11 is 0. The van der Waals surface area contributed by atoms with Gasteiger partial charge in [0.1, 0.15) is 13.2 Å². The van der Waals surface area contributed by atoms with E-state index in [-0.39, 0.29) is 25.7 Å². The van der Waals surface area contributed by atoms with Crippen LogP contribution in [0.1, 0.15) is 23.5 Å². The highest BCUT2D eigenvalue weighted by Crippen LogP contribution is 2.44. The van der Waals surface area contributed by atoms with E-state index in [9.17, 15) is 14.4 Å². The Kier molecular flexibility index (Phi) is 6.61. The van der Waals surface area contributed by atoms with Crippen molar-refractivity contribution in [3.8, 4) is 23.5 Å². The quantitative estimate of drug-likeness (QED) is 0.630. The number of terminal acetylenes is 1. The van der Waals surface area contributed by atoms with Crippen LogP contribution in [0.5, 0.6) is 0 Å². The Hall–Kier alpha value is -3.83. The minimum absolute atomic E-state index is 0.0814. The van der Waals surface area contributed by atoms with Crippen molar-refractivity contribution in [1.29, 1.82) is 0 Å². The number of ether oxygens (including phenoxy) is 2. The molecule has 2 N–H and O–H groups in total. The van der Waals surface area contributed by atoms with Crippen LogP contribution in [0.25, 0.3) is 11.1 Å². The summed E-state index contributed by atoms with van der Waals surface area (Å²) in [5.74, 6) is 0.439. The minimum Gasteiger partial charge on any atom is -0.480 e. The van der Waals surface area contributed by atoms with Gasteiger partial charge in [0.25, 0.3) is 5.91 Å². The summed E-state index contributed by atoms with van der Waals surface area (Å²) in [7, 11) is 0. The first-order valence-corrected chi connectivity index (χ1v) is 10.7. The summed E-state index contributed by atoms with van der Waals surface area (Å²) in [6.45, 7) is -0.306. The third-order valence-electron chi connectivity index (χ3n) is 5.90. The number of rotatable bonds is 7. The molecule has 8 heteroatoms. The van der Waals surface area contributed by atoms with Gasteiger partial charge in [0.2, 0.25) is 0 Å². The molecule has 1 aliphatic carbocycles. The molecule has 170 valence electrons. The third-order valence-corrected chi connectivity index (χ3v) is 5.90. The number of nitrogens with zero attached hydrogens (tertiary/aromatic N) is 1. The molecule has 0 spiro atoms. The highest BCUT2D eigenvalue weighted by Gasteiger charge is 2.38. The van der Waals surface area contributed by atoms with Gasteiger partial charge in [-0.1, -0.05) is 54.5 Å². The van der Waals surface area contributed by atoms with Crippen molar-refractivity contribution in [3.05, 3.63) is 59.7 Å². The van der Waals surface area contributed by atoms with E-state index in [4.69, 9.17) is 21.0 Å². The summed E-state index contributed by atoms with van der Waals surface area (Å²) in [5.41, 5.74) is 4.46. The molecule has 0 unspecified atom stereocenters. The second-order valence-electron chi connectivity index (χ2n) is 7.95. The van der Waals surface area contributed by atoms with Crippen LogP contribution in [0.3, 0.4) is 0 Å². The van der Waals surface area contributed by atoms with Crippen molar-refractivity contribution in [2.24, 2.45) is 0 Å². The standard InChI is InChI=1S/C25H24N2O6/c1-2-12-27(14-22(28)29)24(30)23-21(11-13-32-23)26-25(31)33-15-20-18-9-5-3-7-16(18)17-8-4-6-10-19(17)20/h1,3-10,20-21,23H,11-15H2,(H,26,31)(H,28,29)/t21-,23+/m0/s1. The lowest BCUT2D eigenvalue weighted by atomic mass is 9.98. The largest absolute Gasteiger partial charge is 0.480 e. The maximum Gasteiger partial charge on any atom is 0.407 e. The van der Waals surface area contributed by atoms with Gasteiger partial charge < -0.3 is 24.8 Å². The van der Waals surface area contributed by atoms with Crippen LogP contribution < -0.4 is 5.32 Å². The maximum atomic E-state index is 12.8. The summed E-state index contributed by atoms with van der Waals surface area (Å²) in [6.07, 6.45) is 3.98. The fourth-order valence-corrected chi connectivity index (χ4v) is 4.44. The first-order valence-electron chi connectivity index (χ1n) is 10.7. The highest BCUT2D eigenvalue weighted by molar-refractivity contribution is 5.86. The van der Waals surface area contributed by atoms with Gasteiger partial charge in [-0.2, -0.15) is 0 Å². The Labute approximate surface area is 191 Å². The molecule has 2 amide bonds. The number of alkyl carbamates (subject to hydrolysis) is 1. The van der Waals surface area contributed by atoms with Gasteiger partial charge in [-0.3, -0.25) is 9.59 Å². The van der Waals surface area contributed by atoms with Crippen molar-refractivity contribution in [1.82, 2.24) is 10.2 Å². The third kappa shape index (κ3) is 4.69. The number of benzene rings is 2. The van der Waals surface area contributed by atoms with Gasteiger partial charge in [-0.15, -0.1) is 6.42 Å². The van der Waals surface area contributed by atoms with Crippen molar-refractivity contribution in [3.63, 3.8) is 0 Å². The lowest BCUT2D eigenvalue weighted by Crippen LogP contribution is -2.51. The first kappa shape index (κ1) is 22.4. The Bertz CT molecular complexity index is 1060. The molecular formula is C25H24N2O6. The van der Waals surface area contributed by atoms with Crippen LogP contribution in [-0.2, 0) is 19.1 Å². The fourth-order valence-electron chi connectivity index (χ4n) is 4.44. The van der Waals surface area contributed by atoms with Gasteiger partial charge in [0.15, 0.2) is 6.10 Å². The zero-order valence-electron chi connectivity index (χ0n) is 17.9. The molecular weight excluding hydrogens is 424 g/mol. The second kappa shape index (κ2) is 9.76. The second-order valence-corrected chi connectivity index (χ2v) is 7.95. The SMILES string of the molecule is C#CCN(CC(=O)O)C(=O)[C@@H]1OCC[C@@H]1NC(=O)OCC1c2ccccc2-c2ccccc21. The molecule has 0 bridgehead atoms. The van der Waals surface area contributed by atoms with Gasteiger partial charge >= 0.3 is 12.1 Å². The molecule has 8 nitrogen and oxygen atoms in total. The van der Waals surface area contributed by atoms with E-state index in [2.05, 4.69) is 23.4 Å². The average Bonchev–Trinajstić information content (AvgIpc) is 3.39. The molecule has 2 aromatic carbocycles. The summed E-state index contributed by atoms with van der Waals surface area (Å²) in [6, 6.07) is 15.4. The normalized spacial score (nSPS) is 18.6. The summed E-state index contributed by atoms with van der Waals surface area (Å²) < 4.78 is 11.0. The Morgan fingerprint density at radius 2 is 1.76 bits per heavy atom. The highest BCUT2D eigenvalue weighted by atomic mass is 16.6. The van der Waals surface area contributed by atoms with E-state index in [1.54, 1.807) is 0 Å². The van der Waals surface area contributed by atoms with E-state index < -0.39 is 36.7 Å². The Balaban J connectivity index is 1.39. The number of fused-ring (bicyclic) bond motifs is 3. The molecule has 2 aliphatic rings. The van der Waals surface area contributed by atoms with Gasteiger partial charge in [0, 0.05) is 12.5 Å². The van der Waals surface area contributed by atoms with Crippen LogP contribution in [0, 0.1) is 12.3 Å². The summed E-state index contributed by atoms with van der Waals surface area (Å²) in [5, 5.41) is 11.7. The number of aliphatic carboxylic acids is 1. The number of hydrogen-bond donors (Lipinski definition) is 2. The van der Waals surface area contributed by atoms with Crippen LogP contribution in [0.15, 0.2) is 48.5 Å². The first-order chi connectivity index (χ1) is 16.0. The van der Waals surface area contributed by atoms with Gasteiger partial charge in [-0.25, -0.2) is 4.79 Å². The molecule has 4 rings (SSSR count). The van der Waals surface area contributed by atoms with E-state index in [0.717, 1.165) is 27.2 Å². The van der Waals surface area contributed by atoms with Crippen molar-refractivity contribution < 1.29 is 29.0 Å². The molecule has 1 aliphatic heterocycles. The number of nitrogens with one attached hydrogen (secondary N) is 1. The zero-order valence-corrected chi connectivity index (χ0v) is 17.9. The van der Waals surface area contributed by atoms with Crippen LogP contribution >= 0.6 is 0 Å². The van der Waals surface area contributed by atoms with Gasteiger partial charge in [-0.05, 0) is 28.7 Å². The lowest BCUT2D eigenvalue weighted by Gasteiger charge is -2.25. The molecule has 1 heterocycles. The van der Waals surface area contributed by atoms with Crippen LogP contribution in [0.2, 0.25) is 0 Å².